The van der Waals surface area contributed by atoms with E-state index in [2.05, 4.69) is 22.6 Å². The lowest BCUT2D eigenvalue weighted by Gasteiger charge is -2.27. The molecule has 4 nitrogen and oxygen atoms in total. The number of hydrogen-bond donors (Lipinski definition) is 0. The van der Waals surface area contributed by atoms with Gasteiger partial charge in [-0.2, -0.15) is 26.3 Å². The predicted octanol–water partition coefficient (Wildman–Crippen LogP) is 3.38. The highest BCUT2D eigenvalue weighted by atomic mass is 19.3. The smallest absolute Gasteiger partial charge is 0.371 e. The fourth-order valence-corrected chi connectivity index (χ4v) is 0.788. The van der Waals surface area contributed by atoms with Gasteiger partial charge in [0.2, 0.25) is 0 Å². The summed E-state index contributed by atoms with van der Waals surface area (Å²) in [5.41, 5.74) is 0. The molecule has 0 heterocycles. The molecule has 134 valence electrons. The monoisotopic (exact) mass is 350 g/mol. The molecule has 0 aliphatic heterocycles. The van der Waals surface area contributed by atoms with Crippen LogP contribution in [-0.2, 0) is 19.1 Å². The lowest BCUT2D eigenvalue weighted by atomic mass is 10.1. The van der Waals surface area contributed by atoms with E-state index in [1.807, 2.05) is 0 Å². The summed E-state index contributed by atoms with van der Waals surface area (Å²) in [7, 11) is 0. The molecule has 0 aromatic rings. The number of alkyl halides is 6. The molecule has 0 aliphatic rings. The number of hydrogen-bond acceptors (Lipinski definition) is 4. The van der Waals surface area contributed by atoms with Crippen LogP contribution in [0.15, 0.2) is 25.3 Å². The van der Waals surface area contributed by atoms with Crippen LogP contribution in [0.5, 0.6) is 0 Å². The Hall–Kier alpha value is -2.00. The predicted molar refractivity (Wildman–Crippen MR) is 68.5 cm³/mol. The lowest BCUT2D eigenvalue weighted by Crippen LogP contribution is -2.50. The molecule has 0 bridgehead atoms. The number of carbonyl (C=O) groups excluding carboxylic acids is 2. The second kappa shape index (κ2) is 9.21. The van der Waals surface area contributed by atoms with E-state index in [1.54, 1.807) is 0 Å². The average Bonchev–Trinajstić information content (AvgIpc) is 2.41. The Morgan fingerprint density at radius 2 is 1.09 bits per heavy atom. The number of rotatable bonds is 7. The van der Waals surface area contributed by atoms with Crippen LogP contribution in [-0.4, -0.2) is 42.9 Å². The molecule has 0 saturated carbocycles. The first-order valence-electron chi connectivity index (χ1n) is 5.92. The molecule has 0 saturated heterocycles. The van der Waals surface area contributed by atoms with Crippen LogP contribution in [0.4, 0.5) is 26.3 Å². The molecule has 0 amide bonds. The van der Waals surface area contributed by atoms with Crippen LogP contribution in [0.3, 0.4) is 0 Å². The van der Waals surface area contributed by atoms with Gasteiger partial charge in [-0.15, -0.1) is 0 Å². The van der Waals surface area contributed by atoms with E-state index in [4.69, 9.17) is 0 Å². The van der Waals surface area contributed by atoms with Gasteiger partial charge in [0.25, 0.3) is 0 Å². The quantitative estimate of drug-likeness (QED) is 0.306. The minimum Gasteiger partial charge on any atom is -0.459 e. The van der Waals surface area contributed by atoms with Gasteiger partial charge in [0.05, 0.1) is 0 Å². The third-order valence-corrected chi connectivity index (χ3v) is 2.01. The minimum absolute atomic E-state index is 0.0322. The van der Waals surface area contributed by atoms with Crippen molar-refractivity contribution in [3.8, 4) is 0 Å². The van der Waals surface area contributed by atoms with Crippen LogP contribution in [0.1, 0.15) is 13.8 Å². The van der Waals surface area contributed by atoms with Crippen molar-refractivity contribution in [2.75, 3.05) is 13.2 Å². The number of carbonyl (C=O) groups is 2. The molecule has 0 radical (unpaired) electrons. The Labute approximate surface area is 128 Å². The Kier molecular flexibility index (Phi) is 9.32. The Morgan fingerprint density at radius 1 is 0.826 bits per heavy atom. The van der Waals surface area contributed by atoms with Gasteiger partial charge in [0.15, 0.2) is 0 Å². The molecule has 0 unspecified atom stereocenters. The van der Waals surface area contributed by atoms with Crippen LogP contribution in [0.2, 0.25) is 0 Å². The second-order valence-electron chi connectivity index (χ2n) is 4.09. The molecule has 0 aromatic carbocycles. The summed E-state index contributed by atoms with van der Waals surface area (Å²) in [5.74, 6) is -15.8. The summed E-state index contributed by atoms with van der Waals surface area (Å²) in [5, 5.41) is 0. The standard InChI is InChI=1S/C8H10O4.C5H6F6/c1-3-7(9)11-5-6-12-8(10)4-2;1-3(6,7)5(10,11)4(2,8)9/h3-4H,1-2,5-6H2;1-2H3. The van der Waals surface area contributed by atoms with Crippen molar-refractivity contribution in [2.24, 2.45) is 0 Å². The van der Waals surface area contributed by atoms with Crippen LogP contribution >= 0.6 is 0 Å². The fourth-order valence-electron chi connectivity index (χ4n) is 0.788. The van der Waals surface area contributed by atoms with Gasteiger partial charge >= 0.3 is 29.7 Å². The summed E-state index contributed by atoms with van der Waals surface area (Å²) in [6.07, 6.45) is 2.07. The Balaban J connectivity index is 0. The average molecular weight is 350 g/mol. The first kappa shape index (κ1) is 23.3. The van der Waals surface area contributed by atoms with Gasteiger partial charge in [-0.3, -0.25) is 0 Å². The molecule has 0 fully saturated rings. The van der Waals surface area contributed by atoms with Crippen molar-refractivity contribution in [2.45, 2.75) is 31.6 Å². The summed E-state index contributed by atoms with van der Waals surface area (Å²) in [6.45, 7) is 5.96. The van der Waals surface area contributed by atoms with Gasteiger partial charge in [0.1, 0.15) is 13.2 Å². The third-order valence-electron chi connectivity index (χ3n) is 2.01. The van der Waals surface area contributed by atoms with Gasteiger partial charge in [0, 0.05) is 26.0 Å². The maximum atomic E-state index is 11.9. The number of ether oxygens (including phenoxy) is 2. The molecule has 0 spiro atoms. The third kappa shape index (κ3) is 8.89. The van der Waals surface area contributed by atoms with Crippen LogP contribution in [0, 0.1) is 0 Å². The van der Waals surface area contributed by atoms with Crippen molar-refractivity contribution < 1.29 is 45.4 Å². The molecular weight excluding hydrogens is 334 g/mol. The number of esters is 2. The first-order chi connectivity index (χ1) is 10.2. The Morgan fingerprint density at radius 3 is 1.22 bits per heavy atom. The molecule has 0 aliphatic carbocycles. The maximum Gasteiger partial charge on any atom is 0.371 e. The zero-order chi connectivity index (χ0) is 18.9. The summed E-state index contributed by atoms with van der Waals surface area (Å²) >= 11 is 0. The van der Waals surface area contributed by atoms with Crippen molar-refractivity contribution in [3.05, 3.63) is 25.3 Å². The lowest BCUT2D eigenvalue weighted by molar-refractivity contribution is -0.295. The van der Waals surface area contributed by atoms with Crippen molar-refractivity contribution in [1.29, 1.82) is 0 Å². The van der Waals surface area contributed by atoms with Gasteiger partial charge in [-0.25, -0.2) is 9.59 Å². The molecule has 0 aromatic heterocycles. The van der Waals surface area contributed by atoms with Crippen molar-refractivity contribution in [1.82, 2.24) is 0 Å². The van der Waals surface area contributed by atoms with E-state index in [-0.39, 0.29) is 27.1 Å². The largest absolute Gasteiger partial charge is 0.459 e. The highest BCUT2D eigenvalue weighted by Crippen LogP contribution is 2.44. The molecule has 0 atom stereocenters. The van der Waals surface area contributed by atoms with Crippen molar-refractivity contribution in [3.63, 3.8) is 0 Å². The fraction of sp³-hybridized carbons (Fsp3) is 0.538. The summed E-state index contributed by atoms with van der Waals surface area (Å²) in [6, 6.07) is 0. The molecule has 0 rings (SSSR count). The molecule has 0 N–H and O–H groups in total. The minimum atomic E-state index is -5.29. The SMILES string of the molecule is C=CC(=O)OCCOC(=O)C=C.CC(F)(F)C(F)(F)C(C)(F)F. The molecule has 10 heteroatoms. The van der Waals surface area contributed by atoms with E-state index in [0.717, 1.165) is 12.2 Å². The highest BCUT2D eigenvalue weighted by Gasteiger charge is 2.66. The van der Waals surface area contributed by atoms with Gasteiger partial charge in [-0.05, 0) is 0 Å². The van der Waals surface area contributed by atoms with Gasteiger partial charge in [-0.1, -0.05) is 13.2 Å². The summed E-state index contributed by atoms with van der Waals surface area (Å²) in [4.78, 5) is 20.9. The van der Waals surface area contributed by atoms with E-state index in [0.29, 0.717) is 0 Å². The van der Waals surface area contributed by atoms with Crippen LogP contribution in [0.25, 0.3) is 0 Å². The molecule has 23 heavy (non-hydrogen) atoms. The van der Waals surface area contributed by atoms with E-state index in [1.165, 1.54) is 0 Å². The second-order valence-corrected chi connectivity index (χ2v) is 4.09. The number of halogens is 6. The normalized spacial score (nSPS) is 11.7. The van der Waals surface area contributed by atoms with Crippen LogP contribution < -0.4 is 0 Å². The molecular formula is C13H16F6O4. The maximum absolute atomic E-state index is 11.9. The van der Waals surface area contributed by atoms with E-state index in [9.17, 15) is 35.9 Å². The summed E-state index contributed by atoms with van der Waals surface area (Å²) < 4.78 is 80.0. The Bertz CT molecular complexity index is 385. The van der Waals surface area contributed by atoms with E-state index < -0.39 is 29.7 Å². The highest BCUT2D eigenvalue weighted by molar-refractivity contribution is 5.81. The first-order valence-corrected chi connectivity index (χ1v) is 5.92. The van der Waals surface area contributed by atoms with Crippen molar-refractivity contribution >= 4 is 11.9 Å². The zero-order valence-electron chi connectivity index (χ0n) is 12.4. The van der Waals surface area contributed by atoms with E-state index >= 15 is 0 Å². The topological polar surface area (TPSA) is 52.6 Å². The van der Waals surface area contributed by atoms with Gasteiger partial charge < -0.3 is 9.47 Å². The zero-order valence-corrected chi connectivity index (χ0v) is 12.4.